The van der Waals surface area contributed by atoms with Gasteiger partial charge in [0.25, 0.3) is 10.2 Å². The largest absolute Gasteiger partial charge is 0.457 e. The maximum absolute atomic E-state index is 12.1. The molecule has 0 bridgehead atoms. The molecular formula is C16H20N2O14. The zero-order valence-corrected chi connectivity index (χ0v) is 16.5. The summed E-state index contributed by atoms with van der Waals surface area (Å²) in [7, 11) is 0. The molecule has 4 aliphatic rings. The Hall–Kier alpha value is -2.82. The molecule has 16 heteroatoms. The highest BCUT2D eigenvalue weighted by atomic mass is 17.0. The van der Waals surface area contributed by atoms with Crippen molar-refractivity contribution in [3.8, 4) is 0 Å². The summed E-state index contributed by atoms with van der Waals surface area (Å²) in [6.07, 6.45) is -6.78. The van der Waals surface area contributed by atoms with E-state index in [-0.39, 0.29) is 39.3 Å². The summed E-state index contributed by atoms with van der Waals surface area (Å²) >= 11 is 0. The van der Waals surface area contributed by atoms with Gasteiger partial charge in [-0.2, -0.15) is 0 Å². The number of fused-ring (bicyclic) bond motifs is 2. The minimum atomic E-state index is -0.936. The number of rotatable bonds is 9. The molecule has 4 rings (SSSR count). The van der Waals surface area contributed by atoms with Crippen molar-refractivity contribution >= 4 is 11.9 Å². The van der Waals surface area contributed by atoms with Crippen LogP contribution in [0.1, 0.15) is 12.8 Å². The minimum absolute atomic E-state index is 0.0176. The number of carbonyl (C=O) groups is 2. The Bertz CT molecular complexity index is 701. The number of hydrogen-bond acceptors (Lipinski definition) is 14. The normalized spacial score (nSPS) is 37.4. The summed E-state index contributed by atoms with van der Waals surface area (Å²) in [4.78, 5) is 54.2. The van der Waals surface area contributed by atoms with Crippen LogP contribution in [-0.2, 0) is 47.7 Å². The molecule has 0 amide bonds. The molecule has 0 unspecified atom stereocenters. The average molecular weight is 464 g/mol. The Morgan fingerprint density at radius 1 is 0.656 bits per heavy atom. The predicted octanol–water partition coefficient (Wildman–Crippen LogP) is -1.66. The molecule has 0 aromatic rings. The van der Waals surface area contributed by atoms with E-state index in [0.29, 0.717) is 0 Å². The molecule has 0 aromatic carbocycles. The minimum Gasteiger partial charge on any atom is -0.457 e. The van der Waals surface area contributed by atoms with Crippen molar-refractivity contribution in [1.82, 2.24) is 0 Å². The van der Waals surface area contributed by atoms with Crippen molar-refractivity contribution < 1.29 is 57.9 Å². The van der Waals surface area contributed by atoms with E-state index in [4.69, 9.17) is 28.4 Å². The molecule has 0 aliphatic carbocycles. The predicted molar refractivity (Wildman–Crippen MR) is 91.7 cm³/mol. The second-order valence-corrected chi connectivity index (χ2v) is 7.48. The third-order valence-corrected chi connectivity index (χ3v) is 5.47. The van der Waals surface area contributed by atoms with Gasteiger partial charge in [-0.1, -0.05) is 0 Å². The lowest BCUT2D eigenvalue weighted by Gasteiger charge is -2.18. The average Bonchev–Trinajstić information content (AvgIpc) is 3.47. The molecule has 16 nitrogen and oxygen atoms in total. The van der Waals surface area contributed by atoms with Crippen molar-refractivity contribution in [2.45, 2.75) is 61.7 Å². The molecule has 8 atom stereocenters. The van der Waals surface area contributed by atoms with Crippen LogP contribution < -0.4 is 0 Å². The molecule has 4 fully saturated rings. The number of nitrogens with zero attached hydrogens (tertiary/aromatic N) is 2. The molecule has 4 heterocycles. The van der Waals surface area contributed by atoms with E-state index in [1.54, 1.807) is 0 Å². The molecule has 0 spiro atoms. The van der Waals surface area contributed by atoms with Gasteiger partial charge in [0.2, 0.25) is 0 Å². The molecule has 0 saturated carbocycles. The van der Waals surface area contributed by atoms with Crippen molar-refractivity contribution in [3.63, 3.8) is 0 Å². The van der Waals surface area contributed by atoms with E-state index < -0.39 is 70.9 Å². The monoisotopic (exact) mass is 464 g/mol. The number of ether oxygens (including phenoxy) is 6. The Balaban J connectivity index is 1.17. The summed E-state index contributed by atoms with van der Waals surface area (Å²) in [6.45, 7) is -0.178. The smallest absolute Gasteiger partial charge is 0.306 e. The summed E-state index contributed by atoms with van der Waals surface area (Å²) in [5, 5.41) is 19.1. The van der Waals surface area contributed by atoms with E-state index >= 15 is 0 Å². The molecule has 0 aromatic heterocycles. The fourth-order valence-corrected chi connectivity index (χ4v) is 4.12. The first-order valence-corrected chi connectivity index (χ1v) is 9.79. The van der Waals surface area contributed by atoms with Crippen LogP contribution in [0.3, 0.4) is 0 Å². The maximum Gasteiger partial charge on any atom is 0.306 e. The van der Waals surface area contributed by atoms with Gasteiger partial charge in [0.05, 0.1) is 39.3 Å². The highest BCUT2D eigenvalue weighted by Crippen LogP contribution is 2.32. The molecule has 4 aliphatic heterocycles. The highest BCUT2D eigenvalue weighted by Gasteiger charge is 2.52. The van der Waals surface area contributed by atoms with Crippen LogP contribution in [-0.4, -0.2) is 97.4 Å². The van der Waals surface area contributed by atoms with Crippen molar-refractivity contribution in [1.29, 1.82) is 0 Å². The fraction of sp³-hybridized carbons (Fsp3) is 0.875. The third-order valence-electron chi connectivity index (χ3n) is 5.47. The Morgan fingerprint density at radius 3 is 1.31 bits per heavy atom. The fourth-order valence-electron chi connectivity index (χ4n) is 4.12. The first kappa shape index (κ1) is 22.4. The Kier molecular flexibility index (Phi) is 6.54. The van der Waals surface area contributed by atoms with Crippen LogP contribution >= 0.6 is 0 Å². The molecule has 0 N–H and O–H groups in total. The topological polar surface area (TPSA) is 194 Å². The van der Waals surface area contributed by atoms with Crippen LogP contribution in [0.2, 0.25) is 0 Å². The van der Waals surface area contributed by atoms with Crippen molar-refractivity contribution in [2.75, 3.05) is 26.4 Å². The van der Waals surface area contributed by atoms with Gasteiger partial charge in [-0.25, -0.2) is 0 Å². The van der Waals surface area contributed by atoms with E-state index in [1.165, 1.54) is 0 Å². The van der Waals surface area contributed by atoms with Gasteiger partial charge in [-0.15, -0.1) is 20.2 Å². The Labute approximate surface area is 179 Å². The summed E-state index contributed by atoms with van der Waals surface area (Å²) in [5.41, 5.74) is 0. The number of carbonyl (C=O) groups excluding carboxylic acids is 2. The van der Waals surface area contributed by atoms with Gasteiger partial charge in [-0.3, -0.25) is 9.59 Å². The molecular weight excluding hydrogens is 444 g/mol. The lowest BCUT2D eigenvalue weighted by Crippen LogP contribution is -2.36. The van der Waals surface area contributed by atoms with Crippen LogP contribution in [0.15, 0.2) is 0 Å². The van der Waals surface area contributed by atoms with Crippen molar-refractivity contribution in [3.05, 3.63) is 20.2 Å². The van der Waals surface area contributed by atoms with Crippen LogP contribution in [0.4, 0.5) is 0 Å². The first-order chi connectivity index (χ1) is 15.3. The van der Waals surface area contributed by atoms with Crippen LogP contribution in [0.25, 0.3) is 0 Å². The van der Waals surface area contributed by atoms with Gasteiger partial charge in [0, 0.05) is 0 Å². The van der Waals surface area contributed by atoms with Gasteiger partial charge < -0.3 is 38.1 Å². The van der Waals surface area contributed by atoms with Gasteiger partial charge >= 0.3 is 11.9 Å². The maximum atomic E-state index is 12.1. The van der Waals surface area contributed by atoms with Crippen LogP contribution in [0.5, 0.6) is 0 Å². The standard InChI is InChI=1S/C16H20N2O14/c19-11(29-7-3-25-15-9(31-17(21)22)5-27-13(7)15)1-2-12(20)30-8-4-26-16-10(32-18(23)24)6-28-14(8)16/h7-10,13-16H,1-6H2/t7-,8-,9-,10-,13+,14+,15+,16+/m0/s1. The van der Waals surface area contributed by atoms with Gasteiger partial charge in [-0.05, 0) is 0 Å². The van der Waals surface area contributed by atoms with E-state index in [0.717, 1.165) is 0 Å². The molecule has 0 radical (unpaired) electrons. The third kappa shape index (κ3) is 4.82. The summed E-state index contributed by atoms with van der Waals surface area (Å²) in [6, 6.07) is 0. The SMILES string of the molecule is O=C(CCC(=O)O[C@H]1CO[C@H]2[C@@H]1OC[C@@H]2O[N+](=O)[O-])O[C@H]1CO[C@H]2[C@@H]1OC[C@@H]2O[N+](=O)[O-]. The quantitative estimate of drug-likeness (QED) is 0.214. The molecule has 32 heavy (non-hydrogen) atoms. The van der Waals surface area contributed by atoms with E-state index in [1.807, 2.05) is 0 Å². The first-order valence-electron chi connectivity index (χ1n) is 9.79. The summed E-state index contributed by atoms with van der Waals surface area (Å²) < 4.78 is 32.1. The van der Waals surface area contributed by atoms with Crippen LogP contribution in [0, 0.1) is 20.2 Å². The number of hydrogen-bond donors (Lipinski definition) is 0. The van der Waals surface area contributed by atoms with Gasteiger partial charge in [0.1, 0.15) is 24.4 Å². The Morgan fingerprint density at radius 2 is 0.969 bits per heavy atom. The van der Waals surface area contributed by atoms with Gasteiger partial charge in [0.15, 0.2) is 24.4 Å². The number of esters is 2. The second kappa shape index (κ2) is 9.35. The summed E-state index contributed by atoms with van der Waals surface area (Å²) in [5.74, 6) is -1.40. The molecule has 4 saturated heterocycles. The van der Waals surface area contributed by atoms with E-state index in [9.17, 15) is 29.8 Å². The zero-order chi connectivity index (χ0) is 22.8. The highest BCUT2D eigenvalue weighted by molar-refractivity contribution is 5.77. The lowest BCUT2D eigenvalue weighted by molar-refractivity contribution is -0.769. The zero-order valence-electron chi connectivity index (χ0n) is 16.5. The second-order valence-electron chi connectivity index (χ2n) is 7.48. The lowest BCUT2D eigenvalue weighted by atomic mass is 10.1. The van der Waals surface area contributed by atoms with E-state index in [2.05, 4.69) is 9.68 Å². The van der Waals surface area contributed by atoms with Crippen molar-refractivity contribution in [2.24, 2.45) is 0 Å². The molecule has 178 valence electrons.